The molecule has 1 amide bonds. The lowest BCUT2D eigenvalue weighted by atomic mass is 9.90. The molecule has 1 saturated heterocycles. The quantitative estimate of drug-likeness (QED) is 0.803. The smallest absolute Gasteiger partial charge is 0.232 e. The molecule has 4 heteroatoms. The second-order valence-electron chi connectivity index (χ2n) is 6.09. The molecule has 0 N–H and O–H groups in total. The highest BCUT2D eigenvalue weighted by atomic mass is 32.2. The summed E-state index contributed by atoms with van der Waals surface area (Å²) in [6.07, 6.45) is 5.04. The molecular weight excluding hydrogens is 306 g/mol. The van der Waals surface area contributed by atoms with Gasteiger partial charge in [-0.15, -0.1) is 11.8 Å². The van der Waals surface area contributed by atoms with Crippen LogP contribution in [0.4, 0.5) is 0 Å². The number of likely N-dealkylation sites (tertiary alicyclic amines) is 1. The molecule has 1 aliphatic heterocycles. The van der Waals surface area contributed by atoms with Crippen LogP contribution in [0.2, 0.25) is 0 Å². The van der Waals surface area contributed by atoms with E-state index in [0.29, 0.717) is 11.7 Å². The highest BCUT2D eigenvalue weighted by Crippen LogP contribution is 2.22. The summed E-state index contributed by atoms with van der Waals surface area (Å²) in [4.78, 5) is 14.3. The first-order valence-corrected chi connectivity index (χ1v) is 9.38. The lowest BCUT2D eigenvalue weighted by molar-refractivity contribution is -0.129. The van der Waals surface area contributed by atoms with Crippen molar-refractivity contribution in [2.75, 3.05) is 18.8 Å². The van der Waals surface area contributed by atoms with Gasteiger partial charge in [-0.1, -0.05) is 30.3 Å². The molecule has 3 rings (SSSR count). The Morgan fingerprint density at radius 2 is 1.91 bits per heavy atom. The SMILES string of the molecule is O=C(CSCc1ccco1)N1CCC(Cc2ccccc2)CC1. The molecule has 0 bridgehead atoms. The van der Waals surface area contributed by atoms with Crippen molar-refractivity contribution in [3.63, 3.8) is 0 Å². The molecule has 0 saturated carbocycles. The molecule has 1 fully saturated rings. The first-order chi connectivity index (χ1) is 11.3. The van der Waals surface area contributed by atoms with Gasteiger partial charge in [-0.25, -0.2) is 0 Å². The van der Waals surface area contributed by atoms with Crippen LogP contribution in [-0.4, -0.2) is 29.6 Å². The number of amides is 1. The fraction of sp³-hybridized carbons (Fsp3) is 0.421. The van der Waals surface area contributed by atoms with Crippen molar-refractivity contribution in [1.82, 2.24) is 4.90 Å². The van der Waals surface area contributed by atoms with E-state index in [2.05, 4.69) is 30.3 Å². The summed E-state index contributed by atoms with van der Waals surface area (Å²) in [5, 5.41) is 0. The van der Waals surface area contributed by atoms with E-state index in [1.807, 2.05) is 17.0 Å². The zero-order valence-electron chi connectivity index (χ0n) is 13.3. The molecule has 2 heterocycles. The van der Waals surface area contributed by atoms with E-state index in [0.717, 1.165) is 43.9 Å². The summed E-state index contributed by atoms with van der Waals surface area (Å²) in [6.45, 7) is 1.80. The Bertz CT molecular complexity index is 589. The van der Waals surface area contributed by atoms with E-state index in [4.69, 9.17) is 4.42 Å². The van der Waals surface area contributed by atoms with Gasteiger partial charge in [0, 0.05) is 13.1 Å². The van der Waals surface area contributed by atoms with Crippen molar-refractivity contribution >= 4 is 17.7 Å². The summed E-state index contributed by atoms with van der Waals surface area (Å²) in [7, 11) is 0. The van der Waals surface area contributed by atoms with E-state index >= 15 is 0 Å². The van der Waals surface area contributed by atoms with Gasteiger partial charge in [-0.05, 0) is 42.9 Å². The number of rotatable bonds is 6. The summed E-state index contributed by atoms with van der Waals surface area (Å²) >= 11 is 1.63. The predicted molar refractivity (Wildman–Crippen MR) is 94.3 cm³/mol. The van der Waals surface area contributed by atoms with Crippen LogP contribution in [0.25, 0.3) is 0 Å². The Morgan fingerprint density at radius 1 is 1.13 bits per heavy atom. The number of benzene rings is 1. The zero-order valence-corrected chi connectivity index (χ0v) is 14.1. The molecule has 0 atom stereocenters. The summed E-state index contributed by atoms with van der Waals surface area (Å²) < 4.78 is 5.29. The van der Waals surface area contributed by atoms with Crippen molar-refractivity contribution in [3.8, 4) is 0 Å². The van der Waals surface area contributed by atoms with E-state index in [-0.39, 0.29) is 5.91 Å². The van der Waals surface area contributed by atoms with Gasteiger partial charge < -0.3 is 9.32 Å². The summed E-state index contributed by atoms with van der Waals surface area (Å²) in [6, 6.07) is 14.5. The summed E-state index contributed by atoms with van der Waals surface area (Å²) in [5.74, 6) is 3.22. The molecule has 122 valence electrons. The van der Waals surface area contributed by atoms with Crippen LogP contribution in [-0.2, 0) is 17.0 Å². The highest BCUT2D eigenvalue weighted by molar-refractivity contribution is 7.99. The number of piperidine rings is 1. The fourth-order valence-electron chi connectivity index (χ4n) is 3.06. The van der Waals surface area contributed by atoms with E-state index in [9.17, 15) is 4.79 Å². The molecular formula is C19H23NO2S. The standard InChI is InChI=1S/C19H23NO2S/c21-19(15-23-14-18-7-4-12-22-18)20-10-8-17(9-11-20)13-16-5-2-1-3-6-16/h1-7,12,17H,8-11,13-15H2. The van der Waals surface area contributed by atoms with Crippen LogP contribution in [0.3, 0.4) is 0 Å². The molecule has 1 aliphatic rings. The maximum atomic E-state index is 12.3. The number of nitrogens with zero attached hydrogens (tertiary/aromatic N) is 1. The minimum absolute atomic E-state index is 0.264. The Kier molecular flexibility index (Phi) is 5.81. The molecule has 2 aromatic rings. The molecule has 0 radical (unpaired) electrons. The number of thioether (sulfide) groups is 1. The fourth-order valence-corrected chi connectivity index (χ4v) is 3.88. The third kappa shape index (κ3) is 4.90. The number of hydrogen-bond acceptors (Lipinski definition) is 3. The van der Waals surface area contributed by atoms with Crippen LogP contribution >= 0.6 is 11.8 Å². The van der Waals surface area contributed by atoms with Crippen LogP contribution < -0.4 is 0 Å². The van der Waals surface area contributed by atoms with Crippen LogP contribution in [0, 0.1) is 5.92 Å². The van der Waals surface area contributed by atoms with Gasteiger partial charge in [0.2, 0.25) is 5.91 Å². The predicted octanol–water partition coefficient (Wildman–Crippen LogP) is 3.99. The van der Waals surface area contributed by atoms with Gasteiger partial charge in [-0.3, -0.25) is 4.79 Å². The van der Waals surface area contributed by atoms with Gasteiger partial charge in [0.15, 0.2) is 0 Å². The van der Waals surface area contributed by atoms with E-state index < -0.39 is 0 Å². The molecule has 3 nitrogen and oxygen atoms in total. The number of carbonyl (C=O) groups excluding carboxylic acids is 1. The van der Waals surface area contributed by atoms with Crippen LogP contribution in [0.1, 0.15) is 24.2 Å². The molecule has 1 aromatic heterocycles. The highest BCUT2D eigenvalue weighted by Gasteiger charge is 2.22. The Hall–Kier alpha value is -1.68. The first kappa shape index (κ1) is 16.2. The number of furan rings is 1. The third-order valence-corrected chi connectivity index (χ3v) is 5.32. The van der Waals surface area contributed by atoms with Gasteiger partial charge in [0.05, 0.1) is 17.8 Å². The second-order valence-corrected chi connectivity index (χ2v) is 7.07. The average Bonchev–Trinajstić information content (AvgIpc) is 3.10. The maximum absolute atomic E-state index is 12.3. The zero-order chi connectivity index (χ0) is 15.9. The van der Waals surface area contributed by atoms with Crippen molar-refractivity contribution in [2.45, 2.75) is 25.0 Å². The first-order valence-electron chi connectivity index (χ1n) is 8.23. The molecule has 23 heavy (non-hydrogen) atoms. The van der Waals surface area contributed by atoms with Gasteiger partial charge >= 0.3 is 0 Å². The van der Waals surface area contributed by atoms with Crippen LogP contribution in [0.15, 0.2) is 53.1 Å². The second kappa shape index (κ2) is 8.25. The molecule has 0 aliphatic carbocycles. The Morgan fingerprint density at radius 3 is 2.61 bits per heavy atom. The lowest BCUT2D eigenvalue weighted by Gasteiger charge is -2.32. The minimum Gasteiger partial charge on any atom is -0.468 e. The topological polar surface area (TPSA) is 33.5 Å². The van der Waals surface area contributed by atoms with E-state index in [1.54, 1.807) is 18.0 Å². The largest absolute Gasteiger partial charge is 0.468 e. The Balaban J connectivity index is 1.37. The molecule has 1 aromatic carbocycles. The Labute approximate surface area is 142 Å². The molecule has 0 unspecified atom stereocenters. The van der Waals surface area contributed by atoms with Crippen molar-refractivity contribution in [2.24, 2.45) is 5.92 Å². The monoisotopic (exact) mass is 329 g/mol. The van der Waals surface area contributed by atoms with Gasteiger partial charge in [0.25, 0.3) is 0 Å². The average molecular weight is 329 g/mol. The summed E-state index contributed by atoms with van der Waals surface area (Å²) in [5.41, 5.74) is 1.41. The molecule has 0 spiro atoms. The van der Waals surface area contributed by atoms with Crippen LogP contribution in [0.5, 0.6) is 0 Å². The van der Waals surface area contributed by atoms with E-state index in [1.165, 1.54) is 5.56 Å². The number of carbonyl (C=O) groups is 1. The lowest BCUT2D eigenvalue weighted by Crippen LogP contribution is -2.39. The van der Waals surface area contributed by atoms with Gasteiger partial charge in [-0.2, -0.15) is 0 Å². The van der Waals surface area contributed by atoms with Gasteiger partial charge in [0.1, 0.15) is 5.76 Å². The van der Waals surface area contributed by atoms with Crippen molar-refractivity contribution < 1.29 is 9.21 Å². The number of hydrogen-bond donors (Lipinski definition) is 0. The van der Waals surface area contributed by atoms with Crippen molar-refractivity contribution in [1.29, 1.82) is 0 Å². The third-order valence-electron chi connectivity index (χ3n) is 4.38. The normalized spacial score (nSPS) is 15.7. The minimum atomic E-state index is 0.264. The maximum Gasteiger partial charge on any atom is 0.232 e. The van der Waals surface area contributed by atoms with Crippen molar-refractivity contribution in [3.05, 3.63) is 60.1 Å².